The third kappa shape index (κ3) is 6.43. The molecule has 0 saturated heterocycles. The summed E-state index contributed by atoms with van der Waals surface area (Å²) in [6, 6.07) is 16.3. The summed E-state index contributed by atoms with van der Waals surface area (Å²) in [5.74, 6) is 0.943. The molecule has 0 radical (unpaired) electrons. The van der Waals surface area contributed by atoms with E-state index < -0.39 is 9.84 Å². The summed E-state index contributed by atoms with van der Waals surface area (Å²) < 4.78 is 29.9. The van der Waals surface area contributed by atoms with Gasteiger partial charge >= 0.3 is 6.01 Å². The molecule has 9 heteroatoms. The van der Waals surface area contributed by atoms with Crippen molar-refractivity contribution in [3.8, 4) is 0 Å². The molecule has 0 spiro atoms. The van der Waals surface area contributed by atoms with Crippen LogP contribution in [0.1, 0.15) is 31.2 Å². The zero-order chi connectivity index (χ0) is 21.4. The molecule has 0 fully saturated rings. The van der Waals surface area contributed by atoms with Gasteiger partial charge in [-0.05, 0) is 42.0 Å². The van der Waals surface area contributed by atoms with Gasteiger partial charge in [0.05, 0.1) is 17.1 Å². The maximum absolute atomic E-state index is 12.2. The lowest BCUT2D eigenvalue weighted by atomic mass is 10.1. The van der Waals surface area contributed by atoms with Crippen molar-refractivity contribution >= 4 is 33.5 Å². The largest absolute Gasteiger partial charge is 0.407 e. The van der Waals surface area contributed by atoms with Crippen molar-refractivity contribution in [1.82, 2.24) is 10.2 Å². The van der Waals surface area contributed by atoms with Crippen LogP contribution in [0.3, 0.4) is 0 Å². The lowest BCUT2D eigenvalue weighted by Gasteiger charge is -2.04. The van der Waals surface area contributed by atoms with Gasteiger partial charge in [0.1, 0.15) is 0 Å². The van der Waals surface area contributed by atoms with Gasteiger partial charge in [0.25, 0.3) is 0 Å². The van der Waals surface area contributed by atoms with Crippen molar-refractivity contribution in [1.29, 1.82) is 0 Å². The average Bonchev–Trinajstić information content (AvgIpc) is 3.17. The number of anilines is 1. The predicted molar refractivity (Wildman–Crippen MR) is 116 cm³/mol. The van der Waals surface area contributed by atoms with E-state index in [2.05, 4.69) is 22.4 Å². The zero-order valence-corrected chi connectivity index (χ0v) is 18.2. The molecule has 7 nitrogen and oxygen atoms in total. The zero-order valence-electron chi connectivity index (χ0n) is 16.6. The Morgan fingerprint density at radius 2 is 1.80 bits per heavy atom. The molecule has 0 atom stereocenters. The third-order valence-corrected chi connectivity index (χ3v) is 6.93. The third-order valence-electron chi connectivity index (χ3n) is 4.22. The Morgan fingerprint density at radius 1 is 1.07 bits per heavy atom. The van der Waals surface area contributed by atoms with Gasteiger partial charge in [-0.1, -0.05) is 42.4 Å². The summed E-state index contributed by atoms with van der Waals surface area (Å²) in [6.45, 7) is 2.11. The lowest BCUT2D eigenvalue weighted by Crippen LogP contribution is -2.14. The molecule has 1 heterocycles. The molecule has 2 aromatic carbocycles. The van der Waals surface area contributed by atoms with Gasteiger partial charge in [0.15, 0.2) is 9.84 Å². The van der Waals surface area contributed by atoms with Crippen molar-refractivity contribution < 1.29 is 17.6 Å². The Balaban J connectivity index is 1.46. The second-order valence-electron chi connectivity index (χ2n) is 6.54. The minimum Gasteiger partial charge on any atom is -0.407 e. The smallest absolute Gasteiger partial charge is 0.322 e. The van der Waals surface area contributed by atoms with Gasteiger partial charge < -0.3 is 4.42 Å². The number of sulfone groups is 1. The number of thioether (sulfide) groups is 1. The first-order valence-corrected chi connectivity index (χ1v) is 12.2. The van der Waals surface area contributed by atoms with Crippen LogP contribution in [-0.2, 0) is 21.1 Å². The lowest BCUT2D eigenvalue weighted by molar-refractivity contribution is -0.116. The fourth-order valence-corrected chi connectivity index (χ4v) is 4.76. The van der Waals surface area contributed by atoms with E-state index in [4.69, 9.17) is 4.42 Å². The van der Waals surface area contributed by atoms with E-state index in [9.17, 15) is 13.2 Å². The molecule has 30 heavy (non-hydrogen) atoms. The van der Waals surface area contributed by atoms with Crippen molar-refractivity contribution in [2.75, 3.05) is 16.8 Å². The molecule has 158 valence electrons. The first-order valence-electron chi connectivity index (χ1n) is 9.58. The molecule has 0 aliphatic heterocycles. The van der Waals surface area contributed by atoms with Gasteiger partial charge in [-0.2, -0.15) is 0 Å². The summed E-state index contributed by atoms with van der Waals surface area (Å²) in [5.41, 5.74) is 1.03. The van der Waals surface area contributed by atoms with Crippen LogP contribution in [0.5, 0.6) is 0 Å². The van der Waals surface area contributed by atoms with E-state index >= 15 is 0 Å². The number of hydrogen-bond acceptors (Lipinski definition) is 7. The van der Waals surface area contributed by atoms with Gasteiger partial charge in [-0.15, -0.1) is 16.9 Å². The molecule has 3 rings (SSSR count). The van der Waals surface area contributed by atoms with Crippen LogP contribution in [0.25, 0.3) is 0 Å². The van der Waals surface area contributed by atoms with Crippen molar-refractivity contribution in [3.63, 3.8) is 0 Å². The number of hydrogen-bond donors (Lipinski definition) is 1. The highest BCUT2D eigenvalue weighted by Crippen LogP contribution is 2.19. The molecule has 1 N–H and O–H groups in total. The molecule has 0 saturated carbocycles. The Kier molecular flexibility index (Phi) is 7.64. The summed E-state index contributed by atoms with van der Waals surface area (Å²) in [7, 11) is -3.40. The van der Waals surface area contributed by atoms with Crippen LogP contribution in [0, 0.1) is 0 Å². The molecule has 0 aliphatic rings. The van der Waals surface area contributed by atoms with Crippen LogP contribution in [0.15, 0.2) is 68.8 Å². The van der Waals surface area contributed by atoms with E-state index in [0.717, 1.165) is 11.3 Å². The van der Waals surface area contributed by atoms with Crippen LogP contribution in [0.2, 0.25) is 0 Å². The fraction of sp³-hybridized carbons (Fsp3) is 0.286. The number of nitrogens with zero attached hydrogens (tertiary/aromatic N) is 2. The van der Waals surface area contributed by atoms with E-state index in [1.165, 1.54) is 4.90 Å². The molecule has 1 amide bonds. The summed E-state index contributed by atoms with van der Waals surface area (Å²) in [6.07, 6.45) is 0.710. The number of rotatable bonds is 10. The first-order chi connectivity index (χ1) is 14.5. The monoisotopic (exact) mass is 445 g/mol. The Morgan fingerprint density at radius 3 is 2.50 bits per heavy atom. The molecule has 1 aromatic heterocycles. The highest BCUT2D eigenvalue weighted by atomic mass is 32.2. The molecular weight excluding hydrogens is 422 g/mol. The Bertz CT molecular complexity index is 1070. The number of benzene rings is 2. The maximum atomic E-state index is 12.2. The molecule has 3 aromatic rings. The number of amides is 1. The number of aromatic nitrogens is 2. The molecular formula is C21H23N3O4S2. The van der Waals surface area contributed by atoms with Gasteiger partial charge in [-0.25, -0.2) is 8.42 Å². The second-order valence-corrected chi connectivity index (χ2v) is 9.98. The van der Waals surface area contributed by atoms with E-state index in [1.807, 2.05) is 24.3 Å². The summed E-state index contributed by atoms with van der Waals surface area (Å²) >= 11 is 1.77. The van der Waals surface area contributed by atoms with Crippen molar-refractivity contribution in [3.05, 3.63) is 66.1 Å². The number of carbonyl (C=O) groups excluding carboxylic acids is 1. The van der Waals surface area contributed by atoms with Crippen LogP contribution < -0.4 is 5.32 Å². The fourth-order valence-electron chi connectivity index (χ4n) is 2.77. The average molecular weight is 446 g/mol. The van der Waals surface area contributed by atoms with Crippen LogP contribution in [0.4, 0.5) is 6.01 Å². The Labute approximate surface area is 180 Å². The molecule has 0 unspecified atom stereocenters. The quantitative estimate of drug-likeness (QED) is 0.471. The van der Waals surface area contributed by atoms with E-state index in [-0.39, 0.29) is 35.4 Å². The van der Waals surface area contributed by atoms with Gasteiger partial charge in [0, 0.05) is 11.3 Å². The minimum atomic E-state index is -3.40. The summed E-state index contributed by atoms with van der Waals surface area (Å²) in [5, 5.41) is 10.3. The first kappa shape index (κ1) is 22.0. The maximum Gasteiger partial charge on any atom is 0.322 e. The Hall–Kier alpha value is -2.65. The van der Waals surface area contributed by atoms with Crippen molar-refractivity contribution in [2.45, 2.75) is 36.0 Å². The second kappa shape index (κ2) is 10.4. The van der Waals surface area contributed by atoms with Gasteiger partial charge in [-0.3, -0.25) is 10.1 Å². The number of nitrogens with one attached hydrogen (secondary N) is 1. The highest BCUT2D eigenvalue weighted by Gasteiger charge is 2.15. The standard InChI is InChI=1S/C21H23N3O4S2/c1-2-29-17-12-10-16(11-13-17)15-20-23-24-21(28-20)22-19(25)9-6-14-30(26,27)18-7-4-3-5-8-18/h3-5,7-8,10-13H,2,6,9,14-15H2,1H3,(H,22,24,25). The van der Waals surface area contributed by atoms with Crippen LogP contribution >= 0.6 is 11.8 Å². The normalized spacial score (nSPS) is 11.4. The van der Waals surface area contributed by atoms with E-state index in [1.54, 1.807) is 42.1 Å². The molecule has 0 bridgehead atoms. The van der Waals surface area contributed by atoms with E-state index in [0.29, 0.717) is 12.3 Å². The summed E-state index contributed by atoms with van der Waals surface area (Å²) in [4.78, 5) is 13.5. The minimum absolute atomic E-state index is 0.0130. The van der Waals surface area contributed by atoms with Crippen LogP contribution in [-0.4, -0.2) is 36.0 Å². The number of carbonyl (C=O) groups is 1. The topological polar surface area (TPSA) is 102 Å². The van der Waals surface area contributed by atoms with Crippen molar-refractivity contribution in [2.24, 2.45) is 0 Å². The van der Waals surface area contributed by atoms with Gasteiger partial charge in [0.2, 0.25) is 11.8 Å². The predicted octanol–water partition coefficient (Wildman–Crippen LogP) is 3.97. The highest BCUT2D eigenvalue weighted by molar-refractivity contribution is 7.99. The molecule has 0 aliphatic carbocycles. The SMILES string of the molecule is CCSc1ccc(Cc2nnc(NC(=O)CCCS(=O)(=O)c3ccccc3)o2)cc1.